The lowest BCUT2D eigenvalue weighted by atomic mass is 10.2. The number of aromatic nitrogens is 3. The molecule has 0 saturated heterocycles. The van der Waals surface area contributed by atoms with Gasteiger partial charge in [0.15, 0.2) is 0 Å². The van der Waals surface area contributed by atoms with Crippen molar-refractivity contribution in [1.82, 2.24) is 15.0 Å². The van der Waals surface area contributed by atoms with Gasteiger partial charge in [-0.3, -0.25) is 0 Å². The van der Waals surface area contributed by atoms with E-state index in [0.29, 0.717) is 6.42 Å². The van der Waals surface area contributed by atoms with Crippen LogP contribution in [0.15, 0.2) is 24.5 Å². The fraction of sp³-hybridized carbons (Fsp3) is 0.214. The zero-order chi connectivity index (χ0) is 13.2. The first kappa shape index (κ1) is 11.9. The molecular formula is C14H12N4S. The molecule has 3 rings (SSSR count). The maximum absolute atomic E-state index is 8.66. The normalized spacial score (nSPS) is 10.7. The summed E-state index contributed by atoms with van der Waals surface area (Å²) in [7, 11) is 0. The number of imidazole rings is 1. The minimum absolute atomic E-state index is 0.544. The van der Waals surface area contributed by atoms with Gasteiger partial charge in [-0.2, -0.15) is 5.26 Å². The van der Waals surface area contributed by atoms with E-state index in [2.05, 4.69) is 27.1 Å². The lowest BCUT2D eigenvalue weighted by Crippen LogP contribution is -1.82. The maximum Gasteiger partial charge on any atom is 0.123 e. The molecule has 4 nitrogen and oxygen atoms in total. The number of nitriles is 1. The van der Waals surface area contributed by atoms with E-state index in [-0.39, 0.29) is 0 Å². The third-order valence-electron chi connectivity index (χ3n) is 3.02. The Balaban J connectivity index is 1.99. The number of hydrogen-bond acceptors (Lipinski definition) is 4. The SMILES string of the molecule is Cc1nc(-c2ccc3nc[nH]c3c2)sc1CCC#N. The predicted molar refractivity (Wildman–Crippen MR) is 75.9 cm³/mol. The van der Waals surface area contributed by atoms with Crippen LogP contribution in [-0.4, -0.2) is 15.0 Å². The van der Waals surface area contributed by atoms with Crippen molar-refractivity contribution in [2.75, 3.05) is 0 Å². The first-order valence-corrected chi connectivity index (χ1v) is 6.86. The molecule has 0 atom stereocenters. The van der Waals surface area contributed by atoms with Gasteiger partial charge in [0.2, 0.25) is 0 Å². The van der Waals surface area contributed by atoms with E-state index in [9.17, 15) is 0 Å². The highest BCUT2D eigenvalue weighted by Gasteiger charge is 2.10. The van der Waals surface area contributed by atoms with Crippen LogP contribution >= 0.6 is 11.3 Å². The smallest absolute Gasteiger partial charge is 0.123 e. The second-order valence-corrected chi connectivity index (χ2v) is 5.40. The molecule has 0 saturated carbocycles. The maximum atomic E-state index is 8.66. The summed E-state index contributed by atoms with van der Waals surface area (Å²) in [5, 5.41) is 9.66. The van der Waals surface area contributed by atoms with Gasteiger partial charge in [-0.1, -0.05) is 0 Å². The third kappa shape index (κ3) is 2.23. The van der Waals surface area contributed by atoms with Crippen molar-refractivity contribution < 1.29 is 0 Å². The summed E-state index contributed by atoms with van der Waals surface area (Å²) in [6.07, 6.45) is 3.02. The fourth-order valence-electron chi connectivity index (χ4n) is 2.02. The van der Waals surface area contributed by atoms with Gasteiger partial charge < -0.3 is 4.98 Å². The van der Waals surface area contributed by atoms with E-state index < -0.39 is 0 Å². The highest BCUT2D eigenvalue weighted by molar-refractivity contribution is 7.15. The molecule has 0 aliphatic rings. The van der Waals surface area contributed by atoms with Crippen molar-refractivity contribution in [3.05, 3.63) is 35.1 Å². The average Bonchev–Trinajstić information content (AvgIpc) is 3.02. The van der Waals surface area contributed by atoms with E-state index in [4.69, 9.17) is 5.26 Å². The number of hydrogen-bond donors (Lipinski definition) is 1. The van der Waals surface area contributed by atoms with E-state index >= 15 is 0 Å². The van der Waals surface area contributed by atoms with E-state index in [1.807, 2.05) is 19.1 Å². The van der Waals surface area contributed by atoms with E-state index in [0.717, 1.165) is 33.7 Å². The van der Waals surface area contributed by atoms with Crippen LogP contribution < -0.4 is 0 Å². The zero-order valence-electron chi connectivity index (χ0n) is 10.5. The zero-order valence-corrected chi connectivity index (χ0v) is 11.3. The van der Waals surface area contributed by atoms with Gasteiger partial charge in [0.1, 0.15) is 5.01 Å². The summed E-state index contributed by atoms with van der Waals surface area (Å²) in [5.74, 6) is 0. The Labute approximate surface area is 114 Å². The molecule has 2 aromatic heterocycles. The fourth-order valence-corrected chi connectivity index (χ4v) is 3.08. The quantitative estimate of drug-likeness (QED) is 0.791. The number of benzene rings is 1. The molecule has 3 aromatic rings. The molecule has 1 N–H and O–H groups in total. The largest absolute Gasteiger partial charge is 0.345 e. The van der Waals surface area contributed by atoms with Gasteiger partial charge in [0, 0.05) is 16.9 Å². The number of nitrogens with one attached hydrogen (secondary N) is 1. The van der Waals surface area contributed by atoms with Crippen molar-refractivity contribution >= 4 is 22.4 Å². The van der Waals surface area contributed by atoms with Gasteiger partial charge in [0.05, 0.1) is 29.1 Å². The molecule has 0 spiro atoms. The van der Waals surface area contributed by atoms with Crippen LogP contribution in [0.25, 0.3) is 21.6 Å². The van der Waals surface area contributed by atoms with Crippen LogP contribution in [0.4, 0.5) is 0 Å². The van der Waals surface area contributed by atoms with Crippen LogP contribution in [0.3, 0.4) is 0 Å². The summed E-state index contributed by atoms with van der Waals surface area (Å²) in [4.78, 5) is 13.1. The third-order valence-corrected chi connectivity index (χ3v) is 4.29. The lowest BCUT2D eigenvalue weighted by molar-refractivity contribution is 1.01. The Hall–Kier alpha value is -2.19. The molecule has 94 valence electrons. The minimum atomic E-state index is 0.544. The lowest BCUT2D eigenvalue weighted by Gasteiger charge is -1.95. The molecule has 0 unspecified atom stereocenters. The highest BCUT2D eigenvalue weighted by Crippen LogP contribution is 2.30. The number of fused-ring (bicyclic) bond motifs is 1. The Morgan fingerprint density at radius 3 is 3.16 bits per heavy atom. The number of rotatable bonds is 3. The number of aromatic amines is 1. The molecular weight excluding hydrogens is 256 g/mol. The number of nitrogens with zero attached hydrogens (tertiary/aromatic N) is 3. The number of aryl methyl sites for hydroxylation is 2. The van der Waals surface area contributed by atoms with Gasteiger partial charge in [0.25, 0.3) is 0 Å². The van der Waals surface area contributed by atoms with Gasteiger partial charge >= 0.3 is 0 Å². The Morgan fingerprint density at radius 1 is 1.42 bits per heavy atom. The minimum Gasteiger partial charge on any atom is -0.345 e. The molecule has 5 heteroatoms. The summed E-state index contributed by atoms with van der Waals surface area (Å²) in [6, 6.07) is 8.27. The molecule has 0 radical (unpaired) electrons. The van der Waals surface area contributed by atoms with Crippen molar-refractivity contribution in [3.63, 3.8) is 0 Å². The Bertz CT molecular complexity index is 763. The van der Waals surface area contributed by atoms with Crippen molar-refractivity contribution in [2.45, 2.75) is 19.8 Å². The number of thiazole rings is 1. The van der Waals surface area contributed by atoms with E-state index in [1.54, 1.807) is 17.7 Å². The number of H-pyrrole nitrogens is 1. The average molecular weight is 268 g/mol. The molecule has 0 aliphatic heterocycles. The second-order valence-electron chi connectivity index (χ2n) is 4.32. The van der Waals surface area contributed by atoms with Crippen LogP contribution in [0.1, 0.15) is 17.0 Å². The molecule has 2 heterocycles. The first-order chi connectivity index (χ1) is 9.28. The summed E-state index contributed by atoms with van der Waals surface area (Å²) >= 11 is 1.67. The Morgan fingerprint density at radius 2 is 2.32 bits per heavy atom. The monoisotopic (exact) mass is 268 g/mol. The van der Waals surface area contributed by atoms with Crippen molar-refractivity contribution in [2.24, 2.45) is 0 Å². The first-order valence-electron chi connectivity index (χ1n) is 6.04. The van der Waals surface area contributed by atoms with Gasteiger partial charge in [-0.25, -0.2) is 9.97 Å². The van der Waals surface area contributed by atoms with Crippen molar-refractivity contribution in [3.8, 4) is 16.6 Å². The van der Waals surface area contributed by atoms with Crippen LogP contribution in [0.5, 0.6) is 0 Å². The summed E-state index contributed by atoms with van der Waals surface area (Å²) < 4.78 is 0. The summed E-state index contributed by atoms with van der Waals surface area (Å²) in [5.41, 5.74) is 4.10. The molecule has 19 heavy (non-hydrogen) atoms. The van der Waals surface area contributed by atoms with Gasteiger partial charge in [-0.15, -0.1) is 11.3 Å². The van der Waals surface area contributed by atoms with Gasteiger partial charge in [-0.05, 0) is 31.5 Å². The summed E-state index contributed by atoms with van der Waals surface area (Å²) in [6.45, 7) is 2.00. The molecule has 0 bridgehead atoms. The highest BCUT2D eigenvalue weighted by atomic mass is 32.1. The predicted octanol–water partition coefficient (Wildman–Crippen LogP) is 3.45. The van der Waals surface area contributed by atoms with Crippen molar-refractivity contribution in [1.29, 1.82) is 5.26 Å². The topological polar surface area (TPSA) is 65.4 Å². The van der Waals surface area contributed by atoms with Crippen LogP contribution in [0, 0.1) is 18.3 Å². The molecule has 0 aliphatic carbocycles. The molecule has 1 aromatic carbocycles. The Kier molecular flexibility index (Phi) is 3.02. The van der Waals surface area contributed by atoms with E-state index in [1.165, 1.54) is 4.88 Å². The standard InChI is InChI=1S/C14H12N4S/c1-9-13(3-2-6-15)19-14(18-9)10-4-5-11-12(7-10)17-8-16-11/h4-5,7-8H,2-3H2,1H3,(H,16,17). The molecule has 0 amide bonds. The van der Waals surface area contributed by atoms with Crippen LogP contribution in [-0.2, 0) is 6.42 Å². The van der Waals surface area contributed by atoms with Crippen LogP contribution in [0.2, 0.25) is 0 Å². The molecule has 0 fully saturated rings. The second kappa shape index (κ2) is 4.82.